The van der Waals surface area contributed by atoms with Gasteiger partial charge in [0.1, 0.15) is 18.8 Å². The highest BCUT2D eigenvalue weighted by atomic mass is 32.2. The van der Waals surface area contributed by atoms with Crippen molar-refractivity contribution in [3.63, 3.8) is 0 Å². The molecule has 1 saturated heterocycles. The third-order valence-electron chi connectivity index (χ3n) is 2.17. The van der Waals surface area contributed by atoms with Crippen LogP contribution in [-0.4, -0.2) is 51.8 Å². The third kappa shape index (κ3) is 3.02. The lowest BCUT2D eigenvalue weighted by Crippen LogP contribution is -2.50. The van der Waals surface area contributed by atoms with E-state index >= 15 is 0 Å². The second-order valence-corrected chi connectivity index (χ2v) is 4.52. The first-order valence-corrected chi connectivity index (χ1v) is 5.49. The summed E-state index contributed by atoms with van der Waals surface area (Å²) >= 11 is -1.71. The summed E-state index contributed by atoms with van der Waals surface area (Å²) in [5.74, 6) is 0. The van der Waals surface area contributed by atoms with Crippen molar-refractivity contribution < 1.29 is 23.3 Å². The highest BCUT2D eigenvalue weighted by Gasteiger charge is 2.39. The van der Waals surface area contributed by atoms with Gasteiger partial charge in [0.05, 0.1) is 13.2 Å². The van der Waals surface area contributed by atoms with Gasteiger partial charge in [-0.2, -0.15) is 4.91 Å². The van der Waals surface area contributed by atoms with Crippen LogP contribution in [0.15, 0.2) is 5.18 Å². The van der Waals surface area contributed by atoms with E-state index in [1.165, 1.54) is 7.11 Å². The maximum Gasteiger partial charge on any atom is 0.185 e. The summed E-state index contributed by atoms with van der Waals surface area (Å²) in [6.45, 7) is -0.296. The zero-order valence-electron chi connectivity index (χ0n) is 8.11. The van der Waals surface area contributed by atoms with Crippen molar-refractivity contribution in [1.82, 2.24) is 0 Å². The van der Waals surface area contributed by atoms with E-state index in [1.807, 2.05) is 0 Å². The average molecular weight is 239 g/mol. The molecule has 1 fully saturated rings. The molecule has 0 aromatic rings. The van der Waals surface area contributed by atoms with Crippen molar-refractivity contribution in [2.75, 3.05) is 13.7 Å². The number of ether oxygens (including phenoxy) is 1. The molecule has 0 bridgehead atoms. The number of nitrogens with zero attached hydrogens (tertiary/aromatic N) is 1. The molecule has 0 aromatic carbocycles. The van der Waals surface area contributed by atoms with Crippen LogP contribution in [0.4, 0.5) is 0 Å². The first-order valence-electron chi connectivity index (χ1n) is 4.36. The number of hydrogen-bond donors (Lipinski definition) is 2. The molecule has 7 nitrogen and oxygen atoms in total. The molecule has 5 atom stereocenters. The van der Waals surface area contributed by atoms with Crippen LogP contribution in [0, 0.1) is 4.91 Å². The summed E-state index contributed by atoms with van der Waals surface area (Å²) in [5, 5.41) is 21.4. The van der Waals surface area contributed by atoms with Gasteiger partial charge in [-0.15, -0.1) is 0 Å². The Morgan fingerprint density at radius 2 is 2.27 bits per heavy atom. The molecule has 88 valence electrons. The Labute approximate surface area is 89.0 Å². The van der Waals surface area contributed by atoms with Crippen molar-refractivity contribution in [3.05, 3.63) is 4.91 Å². The minimum Gasteiger partial charge on any atom is -0.390 e. The second-order valence-electron chi connectivity index (χ2n) is 3.14. The van der Waals surface area contributed by atoms with E-state index in [2.05, 4.69) is 9.36 Å². The molecule has 2 N–H and O–H groups in total. The predicted molar refractivity (Wildman–Crippen MR) is 51.1 cm³/mol. The fourth-order valence-corrected chi connectivity index (χ4v) is 2.17. The van der Waals surface area contributed by atoms with E-state index in [1.54, 1.807) is 0 Å². The van der Waals surface area contributed by atoms with Gasteiger partial charge in [0.2, 0.25) is 0 Å². The van der Waals surface area contributed by atoms with Gasteiger partial charge in [-0.25, -0.2) is 4.21 Å². The maximum atomic E-state index is 11.2. The molecule has 15 heavy (non-hydrogen) atoms. The van der Waals surface area contributed by atoms with Crippen LogP contribution in [0.2, 0.25) is 0 Å². The minimum absolute atomic E-state index is 0.00300. The summed E-state index contributed by atoms with van der Waals surface area (Å²) < 4.78 is 20.9. The Balaban J connectivity index is 2.65. The van der Waals surface area contributed by atoms with Crippen LogP contribution in [0.3, 0.4) is 0 Å². The molecular formula is C7H13NO6S. The van der Waals surface area contributed by atoms with Gasteiger partial charge in [0.15, 0.2) is 16.5 Å². The number of nitroso groups, excluding NO2 is 1. The van der Waals surface area contributed by atoms with Gasteiger partial charge in [0, 0.05) is 6.42 Å². The Bertz CT molecular complexity index is 250. The highest BCUT2D eigenvalue weighted by molar-refractivity contribution is 7.80. The van der Waals surface area contributed by atoms with E-state index in [0.717, 1.165) is 0 Å². The van der Waals surface area contributed by atoms with E-state index in [4.69, 9.17) is 4.74 Å². The fourth-order valence-electron chi connectivity index (χ4n) is 1.37. The van der Waals surface area contributed by atoms with Crippen LogP contribution in [0.5, 0.6) is 0 Å². The lowest BCUT2D eigenvalue weighted by atomic mass is 10.0. The van der Waals surface area contributed by atoms with Gasteiger partial charge in [-0.05, 0) is 0 Å². The number of rotatable bonds is 4. The summed E-state index contributed by atoms with van der Waals surface area (Å²) in [6.07, 6.45) is -3.21. The van der Waals surface area contributed by atoms with Crippen molar-refractivity contribution >= 4 is 11.1 Å². The van der Waals surface area contributed by atoms with Crippen LogP contribution in [0.1, 0.15) is 6.42 Å². The average Bonchev–Trinajstić information content (AvgIpc) is 2.23. The first kappa shape index (κ1) is 12.7. The molecule has 0 aliphatic carbocycles. The van der Waals surface area contributed by atoms with E-state index in [9.17, 15) is 19.3 Å². The molecule has 2 unspecified atom stereocenters. The van der Waals surface area contributed by atoms with Crippen LogP contribution < -0.4 is 0 Å². The standard InChI is InChI=1S/C7H13NO6S/c1-13-15(12)6-2-4(9)7(10)5(14-6)3-8-11/h4-7,9-10H,2-3H2,1H3/t4-,5-,6?,7+,15?/m1/s1. The molecular weight excluding hydrogens is 226 g/mol. The number of aliphatic hydroxyl groups is 2. The normalized spacial score (nSPS) is 38.6. The molecule has 1 aliphatic heterocycles. The van der Waals surface area contributed by atoms with E-state index in [0.29, 0.717) is 0 Å². The van der Waals surface area contributed by atoms with Crippen molar-refractivity contribution in [3.8, 4) is 0 Å². The molecule has 0 saturated carbocycles. The number of aliphatic hydroxyl groups excluding tert-OH is 2. The molecule has 1 heterocycles. The summed E-state index contributed by atoms with van der Waals surface area (Å²) in [5.41, 5.74) is -0.847. The third-order valence-corrected chi connectivity index (χ3v) is 3.23. The van der Waals surface area contributed by atoms with Gasteiger partial charge in [-0.3, -0.25) is 4.18 Å². The van der Waals surface area contributed by atoms with Crippen LogP contribution >= 0.6 is 0 Å². The topological polar surface area (TPSA) is 105 Å². The van der Waals surface area contributed by atoms with Gasteiger partial charge in [-0.1, -0.05) is 5.18 Å². The first-order chi connectivity index (χ1) is 7.10. The molecule has 0 radical (unpaired) electrons. The molecule has 0 amide bonds. The summed E-state index contributed by atoms with van der Waals surface area (Å²) in [6, 6.07) is 0. The molecule has 0 spiro atoms. The van der Waals surface area contributed by atoms with Crippen molar-refractivity contribution in [1.29, 1.82) is 0 Å². The quantitative estimate of drug-likeness (QED) is 0.603. The van der Waals surface area contributed by atoms with Crippen LogP contribution in [0.25, 0.3) is 0 Å². The summed E-state index contributed by atoms with van der Waals surface area (Å²) in [7, 11) is 1.24. The molecule has 0 aromatic heterocycles. The van der Waals surface area contributed by atoms with E-state index in [-0.39, 0.29) is 13.0 Å². The molecule has 1 rings (SSSR count). The van der Waals surface area contributed by atoms with Crippen LogP contribution in [-0.2, 0) is 20.0 Å². The van der Waals surface area contributed by atoms with Crippen molar-refractivity contribution in [2.45, 2.75) is 30.2 Å². The minimum atomic E-state index is -1.71. The predicted octanol–water partition coefficient (Wildman–Crippen LogP) is -1.10. The molecule has 8 heteroatoms. The lowest BCUT2D eigenvalue weighted by molar-refractivity contribution is -0.142. The molecule has 1 aliphatic rings. The van der Waals surface area contributed by atoms with Gasteiger partial charge < -0.3 is 14.9 Å². The highest BCUT2D eigenvalue weighted by Crippen LogP contribution is 2.23. The zero-order valence-corrected chi connectivity index (χ0v) is 8.92. The number of hydrogen-bond acceptors (Lipinski definition) is 7. The monoisotopic (exact) mass is 239 g/mol. The maximum absolute atomic E-state index is 11.2. The van der Waals surface area contributed by atoms with Crippen molar-refractivity contribution in [2.24, 2.45) is 5.18 Å². The SMILES string of the molecule is COS(=O)C1C[C@@H](O)[C@H](O)[C@@H](CN=O)O1. The Hall–Kier alpha value is -0.410. The smallest absolute Gasteiger partial charge is 0.185 e. The Morgan fingerprint density at radius 1 is 1.60 bits per heavy atom. The van der Waals surface area contributed by atoms with Gasteiger partial charge >= 0.3 is 0 Å². The van der Waals surface area contributed by atoms with Gasteiger partial charge in [0.25, 0.3) is 0 Å². The largest absolute Gasteiger partial charge is 0.390 e. The summed E-state index contributed by atoms with van der Waals surface area (Å²) in [4.78, 5) is 10.0. The fraction of sp³-hybridized carbons (Fsp3) is 1.00. The second kappa shape index (κ2) is 5.61. The lowest BCUT2D eigenvalue weighted by Gasteiger charge is -2.34. The Morgan fingerprint density at radius 3 is 2.80 bits per heavy atom. The van der Waals surface area contributed by atoms with E-state index < -0.39 is 34.8 Å². The zero-order chi connectivity index (χ0) is 11.4. The Kier molecular flexibility index (Phi) is 4.74.